The maximum Gasteiger partial charge on any atom is 0.332 e. The standard InChI is InChI=1S/C9H13ClN4O4/c1-11-7(6-8(15)12(2)9(11)16)13(14(17)18)5-3-4-10/h6H,3-5H2,1-2H3. The van der Waals surface area contributed by atoms with E-state index < -0.39 is 16.3 Å². The van der Waals surface area contributed by atoms with Crippen molar-refractivity contribution in [2.45, 2.75) is 6.42 Å². The largest absolute Gasteiger partial charge is 0.332 e. The van der Waals surface area contributed by atoms with Gasteiger partial charge in [-0.25, -0.2) is 14.9 Å². The van der Waals surface area contributed by atoms with Crippen LogP contribution in [0.1, 0.15) is 6.42 Å². The number of hydrogen-bond donors (Lipinski definition) is 0. The van der Waals surface area contributed by atoms with Gasteiger partial charge in [0.25, 0.3) is 5.56 Å². The maximum atomic E-state index is 11.7. The molecule has 1 aromatic rings. The Labute approximate surface area is 107 Å². The van der Waals surface area contributed by atoms with Crippen molar-refractivity contribution in [3.8, 4) is 0 Å². The summed E-state index contributed by atoms with van der Waals surface area (Å²) in [5, 5.41) is 11.0. The Morgan fingerprint density at radius 2 is 2.00 bits per heavy atom. The lowest BCUT2D eigenvalue weighted by molar-refractivity contribution is -0.495. The van der Waals surface area contributed by atoms with Crippen LogP contribution in [0.25, 0.3) is 0 Å². The number of anilines is 1. The number of hydrogen-bond acceptors (Lipinski definition) is 4. The van der Waals surface area contributed by atoms with Gasteiger partial charge in [-0.15, -0.1) is 11.6 Å². The van der Waals surface area contributed by atoms with Crippen molar-refractivity contribution in [3.63, 3.8) is 0 Å². The monoisotopic (exact) mass is 276 g/mol. The highest BCUT2D eigenvalue weighted by molar-refractivity contribution is 6.17. The summed E-state index contributed by atoms with van der Waals surface area (Å²) in [6, 6.07) is 1.05. The van der Waals surface area contributed by atoms with E-state index in [-0.39, 0.29) is 18.2 Å². The van der Waals surface area contributed by atoms with E-state index in [2.05, 4.69) is 0 Å². The van der Waals surface area contributed by atoms with E-state index >= 15 is 0 Å². The third-order valence-electron chi connectivity index (χ3n) is 2.47. The number of aromatic nitrogens is 2. The average molecular weight is 277 g/mol. The van der Waals surface area contributed by atoms with Gasteiger partial charge in [-0.05, 0) is 6.42 Å². The van der Waals surface area contributed by atoms with Gasteiger partial charge in [-0.3, -0.25) is 13.9 Å². The fraction of sp³-hybridized carbons (Fsp3) is 0.556. The molecule has 0 fully saturated rings. The molecule has 0 aliphatic carbocycles. The number of nitro groups is 1. The first-order valence-corrected chi connectivity index (χ1v) is 5.68. The average Bonchev–Trinajstić information content (AvgIpc) is 2.32. The van der Waals surface area contributed by atoms with E-state index in [1.54, 1.807) is 0 Å². The molecule has 0 spiro atoms. The molecule has 100 valence electrons. The smallest absolute Gasteiger partial charge is 0.278 e. The van der Waals surface area contributed by atoms with Crippen molar-refractivity contribution in [1.82, 2.24) is 9.13 Å². The summed E-state index contributed by atoms with van der Waals surface area (Å²) >= 11 is 5.48. The summed E-state index contributed by atoms with van der Waals surface area (Å²) in [5.74, 6) is 0.196. The minimum Gasteiger partial charge on any atom is -0.278 e. The second-order valence-electron chi connectivity index (χ2n) is 3.64. The Morgan fingerprint density at radius 3 is 2.50 bits per heavy atom. The van der Waals surface area contributed by atoms with E-state index in [4.69, 9.17) is 11.6 Å². The zero-order valence-electron chi connectivity index (χ0n) is 10.00. The molecule has 0 amide bonds. The van der Waals surface area contributed by atoms with Crippen LogP contribution in [0.2, 0.25) is 0 Å². The van der Waals surface area contributed by atoms with Gasteiger partial charge < -0.3 is 0 Å². The zero-order chi connectivity index (χ0) is 13.9. The van der Waals surface area contributed by atoms with Gasteiger partial charge in [0.2, 0.25) is 0 Å². The van der Waals surface area contributed by atoms with Crippen molar-refractivity contribution in [2.75, 3.05) is 17.4 Å². The number of alkyl halides is 1. The molecule has 9 heteroatoms. The quantitative estimate of drug-likeness (QED) is 0.419. The van der Waals surface area contributed by atoms with E-state index in [1.165, 1.54) is 14.1 Å². The van der Waals surface area contributed by atoms with Gasteiger partial charge in [0.05, 0.1) is 12.6 Å². The van der Waals surface area contributed by atoms with Gasteiger partial charge in [0, 0.05) is 20.0 Å². The van der Waals surface area contributed by atoms with Crippen LogP contribution in [-0.4, -0.2) is 26.6 Å². The van der Waals surface area contributed by atoms with E-state index in [9.17, 15) is 19.7 Å². The van der Waals surface area contributed by atoms with E-state index in [0.717, 1.165) is 20.2 Å². The van der Waals surface area contributed by atoms with E-state index in [0.29, 0.717) is 6.42 Å². The first kappa shape index (κ1) is 14.2. The van der Waals surface area contributed by atoms with Gasteiger partial charge in [-0.2, -0.15) is 0 Å². The molecule has 0 unspecified atom stereocenters. The molecule has 0 atom stereocenters. The second-order valence-corrected chi connectivity index (χ2v) is 4.02. The molecule has 0 N–H and O–H groups in total. The number of hydrazine groups is 1. The van der Waals surface area contributed by atoms with Crippen molar-refractivity contribution in [2.24, 2.45) is 14.1 Å². The number of rotatable bonds is 5. The molecular weight excluding hydrogens is 264 g/mol. The first-order valence-electron chi connectivity index (χ1n) is 5.15. The van der Waals surface area contributed by atoms with Crippen molar-refractivity contribution < 1.29 is 5.03 Å². The van der Waals surface area contributed by atoms with Crippen LogP contribution < -0.4 is 16.3 Å². The highest BCUT2D eigenvalue weighted by atomic mass is 35.5. The van der Waals surface area contributed by atoms with Crippen LogP contribution in [0.3, 0.4) is 0 Å². The number of nitrogens with zero attached hydrogens (tertiary/aromatic N) is 4. The predicted octanol–water partition coefficient (Wildman–Crippen LogP) is -0.289. The third kappa shape index (κ3) is 2.70. The van der Waals surface area contributed by atoms with Crippen LogP contribution in [0, 0.1) is 10.1 Å². The Kier molecular flexibility index (Phi) is 4.49. The minimum atomic E-state index is -0.666. The molecule has 1 aromatic heterocycles. The van der Waals surface area contributed by atoms with Crippen LogP contribution in [0.5, 0.6) is 0 Å². The molecule has 0 saturated carbocycles. The highest BCUT2D eigenvalue weighted by Gasteiger charge is 2.21. The molecule has 1 rings (SSSR count). The molecule has 8 nitrogen and oxygen atoms in total. The molecule has 0 saturated heterocycles. The lowest BCUT2D eigenvalue weighted by Gasteiger charge is -2.16. The van der Waals surface area contributed by atoms with Gasteiger partial charge >= 0.3 is 5.69 Å². The fourth-order valence-corrected chi connectivity index (χ4v) is 1.58. The molecule has 18 heavy (non-hydrogen) atoms. The summed E-state index contributed by atoms with van der Waals surface area (Å²) in [7, 11) is 2.68. The summed E-state index contributed by atoms with van der Waals surface area (Å²) in [6.07, 6.45) is 0.367. The lowest BCUT2D eigenvalue weighted by atomic mass is 10.4. The van der Waals surface area contributed by atoms with Crippen LogP contribution in [0.15, 0.2) is 15.7 Å². The SMILES string of the molecule is Cn1c(N(CCCCl)[N+](=O)[O-])cc(=O)n(C)c1=O. The maximum absolute atomic E-state index is 11.7. The normalized spacial score (nSPS) is 10.4. The van der Waals surface area contributed by atoms with Crippen molar-refractivity contribution in [3.05, 3.63) is 37.0 Å². The Morgan fingerprint density at radius 1 is 1.39 bits per heavy atom. The van der Waals surface area contributed by atoms with Crippen LogP contribution in [0.4, 0.5) is 5.82 Å². The van der Waals surface area contributed by atoms with Gasteiger partial charge in [0.15, 0.2) is 10.9 Å². The number of halogens is 1. The molecular formula is C9H13ClN4O4. The fourth-order valence-electron chi connectivity index (χ4n) is 1.46. The third-order valence-corrected chi connectivity index (χ3v) is 2.73. The topological polar surface area (TPSA) is 90.4 Å². The molecule has 0 radical (unpaired) electrons. The van der Waals surface area contributed by atoms with Gasteiger partial charge in [-0.1, -0.05) is 5.01 Å². The molecule has 0 aromatic carbocycles. The lowest BCUT2D eigenvalue weighted by Crippen LogP contribution is -2.42. The molecule has 0 bridgehead atoms. The molecule has 0 aliphatic heterocycles. The highest BCUT2D eigenvalue weighted by Crippen LogP contribution is 2.09. The van der Waals surface area contributed by atoms with Crippen LogP contribution >= 0.6 is 11.6 Å². The van der Waals surface area contributed by atoms with E-state index in [1.807, 2.05) is 0 Å². The summed E-state index contributed by atoms with van der Waals surface area (Å²) in [5.41, 5.74) is -1.21. The summed E-state index contributed by atoms with van der Waals surface area (Å²) < 4.78 is 1.93. The first-order chi connectivity index (χ1) is 8.40. The second kappa shape index (κ2) is 5.67. The Hall–Kier alpha value is -1.83. The van der Waals surface area contributed by atoms with Crippen molar-refractivity contribution in [1.29, 1.82) is 0 Å². The summed E-state index contributed by atoms with van der Waals surface area (Å²) in [4.78, 5) is 34.1. The summed E-state index contributed by atoms with van der Waals surface area (Å²) in [6.45, 7) is 0.0247. The van der Waals surface area contributed by atoms with Gasteiger partial charge in [0.1, 0.15) is 0 Å². The Bertz CT molecular complexity index is 565. The predicted molar refractivity (Wildman–Crippen MR) is 66.6 cm³/mol. The van der Waals surface area contributed by atoms with Crippen molar-refractivity contribution >= 4 is 17.4 Å². The zero-order valence-corrected chi connectivity index (χ0v) is 10.8. The minimum absolute atomic E-state index is 0.0247. The Balaban J connectivity index is 3.33. The van der Waals surface area contributed by atoms with Crippen LogP contribution in [-0.2, 0) is 14.1 Å². The molecule has 1 heterocycles. The molecule has 0 aliphatic rings.